The molecule has 1 atom stereocenters. The molecule has 0 amide bonds. The number of hydrogen-bond donors (Lipinski definition) is 1. The normalized spacial score (nSPS) is 25.5. The number of hydrogen-bond acceptors (Lipinski definition) is 3. The average molecular weight is 304 g/mol. The van der Waals surface area contributed by atoms with Gasteiger partial charge in [0.1, 0.15) is 0 Å². The van der Waals surface area contributed by atoms with E-state index in [0.29, 0.717) is 30.0 Å². The summed E-state index contributed by atoms with van der Waals surface area (Å²) in [5, 5.41) is 10.4. The molecule has 2 rings (SSSR count). The topological polar surface area (TPSA) is 57.6 Å². The zero-order valence-electron chi connectivity index (χ0n) is 11.1. The Kier molecular flexibility index (Phi) is 3.93. The van der Waals surface area contributed by atoms with E-state index in [2.05, 4.69) is 0 Å². The maximum atomic E-state index is 12.6. The van der Waals surface area contributed by atoms with Crippen molar-refractivity contribution >= 4 is 21.6 Å². The molecule has 1 heterocycles. The average Bonchev–Trinajstić information content (AvgIpc) is 2.31. The first-order chi connectivity index (χ1) is 8.72. The standard InChI is InChI=1S/C13H18ClNO3S/c1-10-4-5-11(14)8-12(10)19(17,18)15-7-3-6-13(2,16)9-15/h4-5,8,16H,3,6-7,9H2,1-2H3. The Morgan fingerprint density at radius 2 is 2.11 bits per heavy atom. The van der Waals surface area contributed by atoms with Crippen LogP contribution in [0, 0.1) is 6.92 Å². The lowest BCUT2D eigenvalue weighted by Crippen LogP contribution is -2.48. The van der Waals surface area contributed by atoms with E-state index in [0.717, 1.165) is 0 Å². The highest BCUT2D eigenvalue weighted by molar-refractivity contribution is 7.89. The van der Waals surface area contributed by atoms with Crippen LogP contribution in [0.15, 0.2) is 23.1 Å². The van der Waals surface area contributed by atoms with Gasteiger partial charge in [-0.3, -0.25) is 0 Å². The van der Waals surface area contributed by atoms with Crippen LogP contribution in [0.3, 0.4) is 0 Å². The van der Waals surface area contributed by atoms with Crippen LogP contribution in [-0.4, -0.2) is 36.5 Å². The molecule has 1 aromatic carbocycles. The highest BCUT2D eigenvalue weighted by Crippen LogP contribution is 2.28. The summed E-state index contributed by atoms with van der Waals surface area (Å²) in [5.74, 6) is 0. The van der Waals surface area contributed by atoms with Crippen molar-refractivity contribution in [2.75, 3.05) is 13.1 Å². The third kappa shape index (κ3) is 3.11. The first kappa shape index (κ1) is 14.8. The molecule has 1 unspecified atom stereocenters. The Hall–Kier alpha value is -0.620. The summed E-state index contributed by atoms with van der Waals surface area (Å²) in [6, 6.07) is 4.83. The van der Waals surface area contributed by atoms with Crippen LogP contribution >= 0.6 is 11.6 Å². The quantitative estimate of drug-likeness (QED) is 0.911. The summed E-state index contributed by atoms with van der Waals surface area (Å²) in [7, 11) is -3.60. The van der Waals surface area contributed by atoms with Crippen molar-refractivity contribution in [1.82, 2.24) is 4.31 Å². The highest BCUT2D eigenvalue weighted by atomic mass is 35.5. The molecule has 0 aromatic heterocycles. The molecule has 19 heavy (non-hydrogen) atoms. The van der Waals surface area contributed by atoms with E-state index in [-0.39, 0.29) is 11.4 Å². The van der Waals surface area contributed by atoms with Gasteiger partial charge in [-0.05, 0) is 44.4 Å². The lowest BCUT2D eigenvalue weighted by molar-refractivity contribution is 0.00939. The second kappa shape index (κ2) is 5.05. The number of aryl methyl sites for hydroxylation is 1. The largest absolute Gasteiger partial charge is 0.389 e. The van der Waals surface area contributed by atoms with E-state index in [1.165, 1.54) is 10.4 Å². The summed E-state index contributed by atoms with van der Waals surface area (Å²) in [6.07, 6.45) is 1.28. The highest BCUT2D eigenvalue weighted by Gasteiger charge is 2.36. The Morgan fingerprint density at radius 3 is 2.74 bits per heavy atom. The molecule has 0 saturated carbocycles. The molecule has 1 aliphatic heterocycles. The van der Waals surface area contributed by atoms with E-state index >= 15 is 0 Å². The van der Waals surface area contributed by atoms with Crippen LogP contribution in [0.1, 0.15) is 25.3 Å². The lowest BCUT2D eigenvalue weighted by Gasteiger charge is -2.36. The molecule has 1 N–H and O–H groups in total. The number of β-amino-alcohol motifs (C(OH)–C–C–N with tert-alkyl or cyclic N) is 1. The van der Waals surface area contributed by atoms with Crippen molar-refractivity contribution in [1.29, 1.82) is 0 Å². The van der Waals surface area contributed by atoms with Gasteiger partial charge in [-0.15, -0.1) is 0 Å². The Labute approximate surface area is 119 Å². The van der Waals surface area contributed by atoms with Crippen molar-refractivity contribution in [3.8, 4) is 0 Å². The summed E-state index contributed by atoms with van der Waals surface area (Å²) in [4.78, 5) is 0.220. The summed E-state index contributed by atoms with van der Waals surface area (Å²) >= 11 is 5.89. The molecule has 0 spiro atoms. The van der Waals surface area contributed by atoms with Gasteiger partial charge in [-0.25, -0.2) is 8.42 Å². The van der Waals surface area contributed by atoms with E-state index in [1.807, 2.05) is 0 Å². The fourth-order valence-electron chi connectivity index (χ4n) is 2.37. The fourth-order valence-corrected chi connectivity index (χ4v) is 4.45. The van der Waals surface area contributed by atoms with Gasteiger partial charge < -0.3 is 5.11 Å². The second-order valence-electron chi connectivity index (χ2n) is 5.35. The van der Waals surface area contributed by atoms with E-state index in [1.54, 1.807) is 26.0 Å². The maximum absolute atomic E-state index is 12.6. The van der Waals surface area contributed by atoms with Crippen LogP contribution in [0.2, 0.25) is 5.02 Å². The number of benzene rings is 1. The van der Waals surface area contributed by atoms with Gasteiger partial charge in [-0.1, -0.05) is 17.7 Å². The second-order valence-corrected chi connectivity index (χ2v) is 7.69. The molecule has 0 bridgehead atoms. The van der Waals surface area contributed by atoms with Crippen molar-refractivity contribution in [3.05, 3.63) is 28.8 Å². The first-order valence-electron chi connectivity index (χ1n) is 6.21. The van der Waals surface area contributed by atoms with Gasteiger partial charge in [0.25, 0.3) is 0 Å². The predicted octanol–water partition coefficient (Wildman–Crippen LogP) is 2.18. The third-order valence-corrected chi connectivity index (χ3v) is 5.63. The summed E-state index contributed by atoms with van der Waals surface area (Å²) < 4.78 is 26.6. The Balaban J connectivity index is 2.39. The molecule has 4 nitrogen and oxygen atoms in total. The van der Waals surface area contributed by atoms with Gasteiger partial charge in [0.15, 0.2) is 0 Å². The predicted molar refractivity (Wildman–Crippen MR) is 74.8 cm³/mol. The number of piperidine rings is 1. The molecule has 1 fully saturated rings. The Bertz CT molecular complexity index is 584. The summed E-state index contributed by atoms with van der Waals surface area (Å²) in [5.41, 5.74) is -0.299. The monoisotopic (exact) mass is 303 g/mol. The molecule has 1 saturated heterocycles. The van der Waals surface area contributed by atoms with Crippen molar-refractivity contribution in [2.24, 2.45) is 0 Å². The fraction of sp³-hybridized carbons (Fsp3) is 0.538. The third-order valence-electron chi connectivity index (χ3n) is 3.41. The van der Waals surface area contributed by atoms with Crippen LogP contribution in [0.25, 0.3) is 0 Å². The molecule has 0 radical (unpaired) electrons. The van der Waals surface area contributed by atoms with Crippen LogP contribution in [-0.2, 0) is 10.0 Å². The lowest BCUT2D eigenvalue weighted by atomic mass is 9.97. The first-order valence-corrected chi connectivity index (χ1v) is 8.03. The van der Waals surface area contributed by atoms with E-state index in [9.17, 15) is 13.5 Å². The van der Waals surface area contributed by atoms with E-state index in [4.69, 9.17) is 11.6 Å². The summed E-state index contributed by atoms with van der Waals surface area (Å²) in [6.45, 7) is 3.97. The minimum Gasteiger partial charge on any atom is -0.389 e. The van der Waals surface area contributed by atoms with Gasteiger partial charge in [-0.2, -0.15) is 4.31 Å². The number of halogens is 1. The molecule has 1 aliphatic rings. The van der Waals surface area contributed by atoms with Crippen LogP contribution in [0.4, 0.5) is 0 Å². The molecular weight excluding hydrogens is 286 g/mol. The SMILES string of the molecule is Cc1ccc(Cl)cc1S(=O)(=O)N1CCCC(C)(O)C1. The number of aliphatic hydroxyl groups is 1. The van der Waals surface area contributed by atoms with Crippen molar-refractivity contribution in [2.45, 2.75) is 37.2 Å². The van der Waals surface area contributed by atoms with Crippen LogP contribution < -0.4 is 0 Å². The number of sulfonamides is 1. The van der Waals surface area contributed by atoms with Crippen LogP contribution in [0.5, 0.6) is 0 Å². The van der Waals surface area contributed by atoms with Crippen molar-refractivity contribution in [3.63, 3.8) is 0 Å². The van der Waals surface area contributed by atoms with Crippen molar-refractivity contribution < 1.29 is 13.5 Å². The van der Waals surface area contributed by atoms with Gasteiger partial charge >= 0.3 is 0 Å². The van der Waals surface area contributed by atoms with Gasteiger partial charge in [0, 0.05) is 18.1 Å². The number of nitrogens with zero attached hydrogens (tertiary/aromatic N) is 1. The molecule has 6 heteroatoms. The van der Waals surface area contributed by atoms with Gasteiger partial charge in [0.2, 0.25) is 10.0 Å². The number of rotatable bonds is 2. The van der Waals surface area contributed by atoms with E-state index < -0.39 is 15.6 Å². The Morgan fingerprint density at radius 1 is 1.42 bits per heavy atom. The maximum Gasteiger partial charge on any atom is 0.243 e. The molecule has 1 aromatic rings. The van der Waals surface area contributed by atoms with Gasteiger partial charge in [0.05, 0.1) is 10.5 Å². The zero-order chi connectivity index (χ0) is 14.3. The smallest absolute Gasteiger partial charge is 0.243 e. The minimum atomic E-state index is -3.60. The molecule has 0 aliphatic carbocycles. The molecule has 106 valence electrons. The minimum absolute atomic E-state index is 0.126. The molecular formula is C13H18ClNO3S. The zero-order valence-corrected chi connectivity index (χ0v) is 12.6.